The van der Waals surface area contributed by atoms with Crippen LogP contribution < -0.4 is 10.6 Å². The predicted molar refractivity (Wildman–Crippen MR) is 59.6 cm³/mol. The summed E-state index contributed by atoms with van der Waals surface area (Å²) in [6.07, 6.45) is 2.41. The molecule has 2 unspecified atom stereocenters. The number of nitrogens with one attached hydrogen (secondary N) is 2. The lowest BCUT2D eigenvalue weighted by Gasteiger charge is -2.24. The number of ether oxygens (including phenoxy) is 1. The minimum atomic E-state index is 0.0966. The van der Waals surface area contributed by atoms with Crippen LogP contribution in [-0.2, 0) is 4.74 Å². The van der Waals surface area contributed by atoms with Crippen molar-refractivity contribution in [3.05, 3.63) is 0 Å². The van der Waals surface area contributed by atoms with Gasteiger partial charge in [-0.05, 0) is 45.8 Å². The van der Waals surface area contributed by atoms with Crippen LogP contribution >= 0.6 is 0 Å². The average Bonchev–Trinajstić information content (AvgIpc) is 2.53. The lowest BCUT2D eigenvalue weighted by Crippen LogP contribution is -2.39. The zero-order chi connectivity index (χ0) is 10.4. The Labute approximate surface area is 87.6 Å². The minimum Gasteiger partial charge on any atom is -0.374 e. The Morgan fingerprint density at radius 3 is 2.79 bits per heavy atom. The molecule has 1 aliphatic rings. The first kappa shape index (κ1) is 12.0. The average molecular weight is 200 g/mol. The van der Waals surface area contributed by atoms with E-state index in [0.29, 0.717) is 5.92 Å². The van der Waals surface area contributed by atoms with Crippen LogP contribution in [0.5, 0.6) is 0 Å². The van der Waals surface area contributed by atoms with Gasteiger partial charge in [0.1, 0.15) is 0 Å². The van der Waals surface area contributed by atoms with Crippen molar-refractivity contribution in [3.63, 3.8) is 0 Å². The standard InChI is InChI=1S/C11H24N2O/c1-10(7-12-3)8-13-9-11(2)5-4-6-14-11/h10,12-13H,4-9H2,1-3H3. The van der Waals surface area contributed by atoms with Gasteiger partial charge in [-0.1, -0.05) is 6.92 Å². The van der Waals surface area contributed by atoms with Gasteiger partial charge in [0.15, 0.2) is 0 Å². The Morgan fingerprint density at radius 1 is 1.43 bits per heavy atom. The molecule has 2 atom stereocenters. The lowest BCUT2D eigenvalue weighted by atomic mass is 10.0. The first-order valence-electron chi connectivity index (χ1n) is 5.65. The number of rotatable bonds is 6. The molecule has 0 aromatic heterocycles. The minimum absolute atomic E-state index is 0.0966. The molecule has 1 fully saturated rings. The number of hydrogen-bond donors (Lipinski definition) is 2. The van der Waals surface area contributed by atoms with Crippen LogP contribution in [0.3, 0.4) is 0 Å². The highest BCUT2D eigenvalue weighted by atomic mass is 16.5. The van der Waals surface area contributed by atoms with Crippen LogP contribution in [0.25, 0.3) is 0 Å². The van der Waals surface area contributed by atoms with E-state index in [1.807, 2.05) is 7.05 Å². The molecule has 3 nitrogen and oxygen atoms in total. The summed E-state index contributed by atoms with van der Waals surface area (Å²) >= 11 is 0. The first-order valence-corrected chi connectivity index (χ1v) is 5.65. The molecule has 1 aliphatic heterocycles. The zero-order valence-electron chi connectivity index (χ0n) is 9.73. The van der Waals surface area contributed by atoms with Gasteiger partial charge in [0.05, 0.1) is 5.60 Å². The monoisotopic (exact) mass is 200 g/mol. The molecule has 0 aromatic carbocycles. The largest absolute Gasteiger partial charge is 0.374 e. The van der Waals surface area contributed by atoms with Gasteiger partial charge in [0.25, 0.3) is 0 Å². The van der Waals surface area contributed by atoms with E-state index in [1.165, 1.54) is 12.8 Å². The van der Waals surface area contributed by atoms with E-state index < -0.39 is 0 Å². The highest BCUT2D eigenvalue weighted by Gasteiger charge is 2.28. The molecule has 2 N–H and O–H groups in total. The summed E-state index contributed by atoms with van der Waals surface area (Å²) in [5, 5.41) is 6.67. The number of hydrogen-bond acceptors (Lipinski definition) is 3. The summed E-state index contributed by atoms with van der Waals surface area (Å²) in [5.41, 5.74) is 0.0966. The molecule has 0 spiro atoms. The van der Waals surface area contributed by atoms with Crippen LogP contribution in [0.15, 0.2) is 0 Å². The fourth-order valence-corrected chi connectivity index (χ4v) is 1.98. The molecular weight excluding hydrogens is 176 g/mol. The smallest absolute Gasteiger partial charge is 0.0779 e. The van der Waals surface area contributed by atoms with E-state index in [-0.39, 0.29) is 5.60 Å². The Kier molecular flexibility index (Phi) is 4.85. The van der Waals surface area contributed by atoms with Gasteiger partial charge in [-0.15, -0.1) is 0 Å². The van der Waals surface area contributed by atoms with E-state index in [1.54, 1.807) is 0 Å². The summed E-state index contributed by atoms with van der Waals surface area (Å²) < 4.78 is 5.70. The van der Waals surface area contributed by atoms with E-state index in [0.717, 1.165) is 26.2 Å². The molecule has 1 rings (SSSR count). The van der Waals surface area contributed by atoms with Crippen molar-refractivity contribution in [1.29, 1.82) is 0 Å². The van der Waals surface area contributed by atoms with E-state index >= 15 is 0 Å². The third-order valence-electron chi connectivity index (χ3n) is 2.84. The van der Waals surface area contributed by atoms with Crippen LogP contribution in [0.2, 0.25) is 0 Å². The van der Waals surface area contributed by atoms with Gasteiger partial charge in [-0.25, -0.2) is 0 Å². The van der Waals surface area contributed by atoms with Gasteiger partial charge in [-0.2, -0.15) is 0 Å². The summed E-state index contributed by atoms with van der Waals surface area (Å²) in [7, 11) is 2.00. The van der Waals surface area contributed by atoms with E-state index in [4.69, 9.17) is 4.74 Å². The second-order valence-electron chi connectivity index (χ2n) is 4.70. The van der Waals surface area contributed by atoms with Crippen LogP contribution in [0.4, 0.5) is 0 Å². The molecule has 0 aromatic rings. The molecule has 14 heavy (non-hydrogen) atoms. The molecule has 0 bridgehead atoms. The van der Waals surface area contributed by atoms with Crippen LogP contribution in [-0.4, -0.2) is 38.9 Å². The fourth-order valence-electron chi connectivity index (χ4n) is 1.98. The summed E-state index contributed by atoms with van der Waals surface area (Å²) in [6.45, 7) is 8.52. The molecule has 0 aliphatic carbocycles. The maximum absolute atomic E-state index is 5.70. The Morgan fingerprint density at radius 2 is 2.21 bits per heavy atom. The molecule has 84 valence electrons. The zero-order valence-corrected chi connectivity index (χ0v) is 9.73. The van der Waals surface area contributed by atoms with Gasteiger partial charge in [0, 0.05) is 13.2 Å². The highest BCUT2D eigenvalue weighted by Crippen LogP contribution is 2.23. The van der Waals surface area contributed by atoms with Crippen molar-refractivity contribution >= 4 is 0 Å². The van der Waals surface area contributed by atoms with Gasteiger partial charge < -0.3 is 15.4 Å². The maximum atomic E-state index is 5.70. The molecule has 0 radical (unpaired) electrons. The summed E-state index contributed by atoms with van der Waals surface area (Å²) in [4.78, 5) is 0. The SMILES string of the molecule is CNCC(C)CNCC1(C)CCCO1. The first-order chi connectivity index (χ1) is 6.66. The summed E-state index contributed by atoms with van der Waals surface area (Å²) in [5.74, 6) is 0.685. The second-order valence-corrected chi connectivity index (χ2v) is 4.70. The van der Waals surface area contributed by atoms with Crippen LogP contribution in [0.1, 0.15) is 26.7 Å². The van der Waals surface area contributed by atoms with Gasteiger partial charge in [0.2, 0.25) is 0 Å². The predicted octanol–water partition coefficient (Wildman–Crippen LogP) is 1.00. The van der Waals surface area contributed by atoms with Crippen molar-refractivity contribution < 1.29 is 4.74 Å². The third-order valence-corrected chi connectivity index (χ3v) is 2.84. The Balaban J connectivity index is 2.08. The molecule has 0 amide bonds. The lowest BCUT2D eigenvalue weighted by molar-refractivity contribution is 0.0204. The third kappa shape index (κ3) is 3.95. The summed E-state index contributed by atoms with van der Waals surface area (Å²) in [6, 6.07) is 0. The molecular formula is C11H24N2O. The van der Waals surface area contributed by atoms with Crippen molar-refractivity contribution in [2.24, 2.45) is 5.92 Å². The molecule has 0 saturated carbocycles. The van der Waals surface area contributed by atoms with E-state index in [9.17, 15) is 0 Å². The molecule has 3 heteroatoms. The normalized spacial score (nSPS) is 29.4. The van der Waals surface area contributed by atoms with Crippen molar-refractivity contribution in [2.45, 2.75) is 32.3 Å². The highest BCUT2D eigenvalue weighted by molar-refractivity contribution is 4.82. The Hall–Kier alpha value is -0.120. The van der Waals surface area contributed by atoms with Gasteiger partial charge >= 0.3 is 0 Å². The van der Waals surface area contributed by atoms with Crippen LogP contribution in [0, 0.1) is 5.92 Å². The Bertz CT molecular complexity index is 155. The molecule has 1 heterocycles. The van der Waals surface area contributed by atoms with Crippen molar-refractivity contribution in [2.75, 3.05) is 33.3 Å². The topological polar surface area (TPSA) is 33.3 Å². The second kappa shape index (κ2) is 5.69. The van der Waals surface area contributed by atoms with E-state index in [2.05, 4.69) is 24.5 Å². The van der Waals surface area contributed by atoms with Crippen molar-refractivity contribution in [1.82, 2.24) is 10.6 Å². The maximum Gasteiger partial charge on any atom is 0.0779 e. The fraction of sp³-hybridized carbons (Fsp3) is 1.00. The molecule has 1 saturated heterocycles. The quantitative estimate of drug-likeness (QED) is 0.671. The van der Waals surface area contributed by atoms with Crippen molar-refractivity contribution in [3.8, 4) is 0 Å². The van der Waals surface area contributed by atoms with Gasteiger partial charge in [-0.3, -0.25) is 0 Å².